The van der Waals surface area contributed by atoms with Crippen molar-refractivity contribution in [3.63, 3.8) is 0 Å². The number of anilines is 1. The second-order valence-corrected chi connectivity index (χ2v) is 11.1. The van der Waals surface area contributed by atoms with Crippen LogP contribution >= 0.6 is 23.1 Å². The van der Waals surface area contributed by atoms with Gasteiger partial charge in [0.05, 0.1) is 30.2 Å². The van der Waals surface area contributed by atoms with Crippen molar-refractivity contribution in [2.45, 2.75) is 41.4 Å². The Bertz CT molecular complexity index is 1540. The van der Waals surface area contributed by atoms with Gasteiger partial charge in [-0.1, -0.05) is 59.5 Å². The number of methoxy groups -OCH3 is 1. The lowest BCUT2D eigenvalue weighted by Crippen LogP contribution is -2.38. The maximum Gasteiger partial charge on any atom is 0.416 e. The molecule has 1 aliphatic carbocycles. The van der Waals surface area contributed by atoms with E-state index in [4.69, 9.17) is 10.5 Å². The summed E-state index contributed by atoms with van der Waals surface area (Å²) in [6.45, 7) is 0. The van der Waals surface area contributed by atoms with Crippen LogP contribution in [0.2, 0.25) is 0 Å². The Morgan fingerprint density at radius 3 is 2.74 bits per heavy atom. The molecule has 0 fully saturated rings. The summed E-state index contributed by atoms with van der Waals surface area (Å²) in [7, 11) is 1.53. The number of alkyl halides is 3. The Labute approximate surface area is 230 Å². The lowest BCUT2D eigenvalue weighted by Gasteiger charge is -2.38. The number of hydrogen-bond donors (Lipinski definition) is 1. The number of nitriles is 1. The fourth-order valence-corrected chi connectivity index (χ4v) is 6.68. The van der Waals surface area contributed by atoms with Crippen LogP contribution in [0.25, 0.3) is 0 Å². The number of carbonyl (C=O) groups is 1. The number of nitrogens with two attached hydrogens (primary N) is 1. The summed E-state index contributed by atoms with van der Waals surface area (Å²) < 4.78 is 45.3. The molecule has 0 bridgehead atoms. The van der Waals surface area contributed by atoms with Crippen molar-refractivity contribution < 1.29 is 22.7 Å². The molecule has 3 aromatic rings. The van der Waals surface area contributed by atoms with Crippen LogP contribution in [0.15, 0.2) is 75.5 Å². The van der Waals surface area contributed by atoms with E-state index in [1.807, 2.05) is 18.2 Å². The first-order valence-corrected chi connectivity index (χ1v) is 13.7. The number of allylic oxidation sites excluding steroid dienone is 3. The van der Waals surface area contributed by atoms with Crippen LogP contribution in [-0.4, -0.2) is 23.1 Å². The molecule has 1 unspecified atom stereocenters. The Hall–Kier alpha value is -3.82. The number of Topliss-reactive ketones (excluding diaryl/α,β-unsaturated/α-hetero) is 1. The molecule has 1 atom stereocenters. The maximum absolute atomic E-state index is 13.3. The van der Waals surface area contributed by atoms with Crippen molar-refractivity contribution in [1.82, 2.24) is 10.2 Å². The summed E-state index contributed by atoms with van der Waals surface area (Å²) in [5.41, 5.74) is 8.43. The quantitative estimate of drug-likeness (QED) is 0.352. The topological polar surface area (TPSA) is 105 Å². The zero-order valence-electron chi connectivity index (χ0n) is 20.7. The molecule has 1 aliphatic heterocycles. The summed E-state index contributed by atoms with van der Waals surface area (Å²) in [6, 6.07) is 14.6. The van der Waals surface area contributed by atoms with Crippen molar-refractivity contribution >= 4 is 34.0 Å². The van der Waals surface area contributed by atoms with Crippen LogP contribution in [0, 0.1) is 11.3 Å². The van der Waals surface area contributed by atoms with Gasteiger partial charge in [-0.05, 0) is 30.5 Å². The molecule has 200 valence electrons. The molecule has 7 nitrogen and oxygen atoms in total. The van der Waals surface area contributed by atoms with Gasteiger partial charge in [0, 0.05) is 29.0 Å². The minimum Gasteiger partial charge on any atom is -0.496 e. The summed E-state index contributed by atoms with van der Waals surface area (Å²) >= 11 is 2.44. The smallest absolute Gasteiger partial charge is 0.416 e. The molecular formula is C27H22F3N5O2S2. The van der Waals surface area contributed by atoms with Crippen molar-refractivity contribution in [3.05, 3.63) is 87.9 Å². The fourth-order valence-electron chi connectivity index (χ4n) is 4.85. The normalized spacial score (nSPS) is 17.8. The molecule has 12 heteroatoms. The van der Waals surface area contributed by atoms with Gasteiger partial charge in [-0.2, -0.15) is 18.4 Å². The Balaban J connectivity index is 1.50. The number of thioether (sulfide) groups is 1. The number of halogens is 3. The first kappa shape index (κ1) is 26.8. The predicted molar refractivity (Wildman–Crippen MR) is 142 cm³/mol. The third kappa shape index (κ3) is 5.12. The highest BCUT2D eigenvalue weighted by Gasteiger charge is 2.42. The monoisotopic (exact) mass is 569 g/mol. The summed E-state index contributed by atoms with van der Waals surface area (Å²) in [5, 5.41) is 19.0. The highest BCUT2D eigenvalue weighted by atomic mass is 32.2. The molecule has 0 spiro atoms. The molecule has 0 saturated heterocycles. The molecule has 2 N–H and O–H groups in total. The molecule has 2 aromatic carbocycles. The number of para-hydroxylation sites is 1. The van der Waals surface area contributed by atoms with Crippen LogP contribution in [0.4, 0.5) is 18.3 Å². The van der Waals surface area contributed by atoms with Gasteiger partial charge in [0.25, 0.3) is 0 Å². The second kappa shape index (κ2) is 10.7. The molecule has 2 heterocycles. The van der Waals surface area contributed by atoms with E-state index in [0.29, 0.717) is 56.9 Å². The molecule has 0 saturated carbocycles. The Kier molecular flexibility index (Phi) is 7.38. The maximum atomic E-state index is 13.3. The molecule has 2 aliphatic rings. The first-order valence-electron chi connectivity index (χ1n) is 11.9. The summed E-state index contributed by atoms with van der Waals surface area (Å²) in [6.07, 6.45) is -2.89. The molecule has 39 heavy (non-hydrogen) atoms. The van der Waals surface area contributed by atoms with E-state index in [1.165, 1.54) is 36.3 Å². The van der Waals surface area contributed by atoms with Gasteiger partial charge in [0.15, 0.2) is 10.1 Å². The van der Waals surface area contributed by atoms with Gasteiger partial charge in [-0.15, -0.1) is 10.2 Å². The second-order valence-electron chi connectivity index (χ2n) is 8.90. The van der Waals surface area contributed by atoms with Crippen LogP contribution in [0.1, 0.15) is 41.9 Å². The lowest BCUT2D eigenvalue weighted by atomic mass is 9.75. The molecule has 0 radical (unpaired) electrons. The van der Waals surface area contributed by atoms with E-state index in [1.54, 1.807) is 17.0 Å². The molecule has 0 amide bonds. The third-order valence-electron chi connectivity index (χ3n) is 6.57. The van der Waals surface area contributed by atoms with E-state index < -0.39 is 17.7 Å². The summed E-state index contributed by atoms with van der Waals surface area (Å²) in [4.78, 5) is 14.9. The van der Waals surface area contributed by atoms with Crippen LogP contribution in [0.3, 0.4) is 0 Å². The number of hydrogen-bond acceptors (Lipinski definition) is 9. The van der Waals surface area contributed by atoms with Gasteiger partial charge < -0.3 is 10.5 Å². The van der Waals surface area contributed by atoms with Gasteiger partial charge in [-0.3, -0.25) is 9.69 Å². The van der Waals surface area contributed by atoms with Crippen molar-refractivity contribution in [2.24, 2.45) is 5.73 Å². The SMILES string of the molecule is COc1ccccc1C1C(C#N)=C(N)N(c2nnc(SCc3cccc(C(F)(F)F)c3)s2)C2=C1C(=O)CCC2. The van der Waals surface area contributed by atoms with Crippen molar-refractivity contribution in [2.75, 3.05) is 12.0 Å². The third-order valence-corrected chi connectivity index (χ3v) is 8.68. The highest BCUT2D eigenvalue weighted by molar-refractivity contribution is 8.00. The number of benzene rings is 2. The van der Waals surface area contributed by atoms with Crippen molar-refractivity contribution in [1.29, 1.82) is 5.26 Å². The lowest BCUT2D eigenvalue weighted by molar-refractivity contribution is -0.137. The zero-order chi connectivity index (χ0) is 27.7. The van der Waals surface area contributed by atoms with Crippen LogP contribution < -0.4 is 15.4 Å². The first-order chi connectivity index (χ1) is 18.7. The zero-order valence-corrected chi connectivity index (χ0v) is 22.3. The largest absolute Gasteiger partial charge is 0.496 e. The Morgan fingerprint density at radius 2 is 2.00 bits per heavy atom. The van der Waals surface area contributed by atoms with E-state index in [9.17, 15) is 23.2 Å². The minimum absolute atomic E-state index is 0.0685. The van der Waals surface area contributed by atoms with Crippen LogP contribution in [0.5, 0.6) is 5.75 Å². The van der Waals surface area contributed by atoms with E-state index in [-0.39, 0.29) is 22.9 Å². The van der Waals surface area contributed by atoms with E-state index in [0.717, 1.165) is 12.1 Å². The predicted octanol–water partition coefficient (Wildman–Crippen LogP) is 6.16. The number of rotatable bonds is 6. The van der Waals surface area contributed by atoms with Crippen molar-refractivity contribution in [3.8, 4) is 11.8 Å². The van der Waals surface area contributed by atoms with E-state index >= 15 is 0 Å². The van der Waals surface area contributed by atoms with Crippen LogP contribution in [-0.2, 0) is 16.7 Å². The minimum atomic E-state index is -4.42. The van der Waals surface area contributed by atoms with Gasteiger partial charge in [0.2, 0.25) is 5.13 Å². The van der Waals surface area contributed by atoms with Gasteiger partial charge in [-0.25, -0.2) is 0 Å². The number of carbonyl (C=O) groups excluding carboxylic acids is 1. The average Bonchev–Trinajstić information content (AvgIpc) is 3.39. The number of ether oxygens (including phenoxy) is 1. The highest BCUT2D eigenvalue weighted by Crippen LogP contribution is 2.49. The molecule has 5 rings (SSSR count). The molecular weight excluding hydrogens is 547 g/mol. The van der Waals surface area contributed by atoms with E-state index in [2.05, 4.69) is 16.3 Å². The van der Waals surface area contributed by atoms with Gasteiger partial charge >= 0.3 is 6.18 Å². The number of nitrogens with zero attached hydrogens (tertiary/aromatic N) is 4. The number of ketones is 1. The summed E-state index contributed by atoms with van der Waals surface area (Å²) in [5.74, 6) is 0.225. The standard InChI is InChI=1S/C27H22F3N5O2S2/c1-37-21-11-3-2-8-17(21)22-18(13-31)24(32)35(19-9-5-10-20(36)23(19)22)25-33-34-26(39-25)38-14-15-6-4-7-16(12-15)27(28,29)30/h2-4,6-8,11-12,22H,5,9-10,14,32H2,1H3. The fraction of sp³-hybridized carbons (Fsp3) is 0.259. The number of aromatic nitrogens is 2. The average molecular weight is 570 g/mol. The molecule has 1 aromatic heterocycles. The van der Waals surface area contributed by atoms with Gasteiger partial charge in [0.1, 0.15) is 11.6 Å². The Morgan fingerprint density at radius 1 is 1.21 bits per heavy atom.